The normalized spacial score (nSPS) is 14.7. The molecule has 180 valence electrons. The zero-order chi connectivity index (χ0) is 24.2. The molecule has 0 bridgehead atoms. The molecule has 2 aromatic carbocycles. The Bertz CT molecular complexity index is 1280. The van der Waals surface area contributed by atoms with Crippen LogP contribution in [-0.4, -0.2) is 40.4 Å². The van der Waals surface area contributed by atoms with Gasteiger partial charge in [0.1, 0.15) is 23.9 Å². The molecule has 0 aliphatic carbocycles. The van der Waals surface area contributed by atoms with Crippen LogP contribution in [0.2, 0.25) is 10.0 Å². The highest BCUT2D eigenvalue weighted by atomic mass is 35.5. The van der Waals surface area contributed by atoms with E-state index in [4.69, 9.17) is 32.7 Å². The lowest BCUT2D eigenvalue weighted by molar-refractivity contribution is 0.0500. The Morgan fingerprint density at radius 1 is 1.06 bits per heavy atom. The lowest BCUT2D eigenvalue weighted by Gasteiger charge is -2.26. The SMILES string of the molecule is Cn1c2c(c(=O)n(CCO)c1=O)N(Cc1ccc(Cl)cc1)C(OCCOc1cccc(Cl)c1)N2. The van der Waals surface area contributed by atoms with Crippen LogP contribution >= 0.6 is 23.2 Å². The monoisotopic (exact) mass is 506 g/mol. The largest absolute Gasteiger partial charge is 0.491 e. The number of nitrogens with zero attached hydrogens (tertiary/aromatic N) is 3. The number of benzene rings is 2. The van der Waals surface area contributed by atoms with E-state index < -0.39 is 17.6 Å². The molecule has 2 N–H and O–H groups in total. The van der Waals surface area contributed by atoms with Crippen molar-refractivity contribution in [2.45, 2.75) is 19.4 Å². The molecule has 0 saturated heterocycles. The van der Waals surface area contributed by atoms with Crippen molar-refractivity contribution in [1.29, 1.82) is 0 Å². The Hall–Kier alpha value is -2.98. The molecule has 3 aromatic rings. The maximum absolute atomic E-state index is 13.2. The molecule has 0 radical (unpaired) electrons. The van der Waals surface area contributed by atoms with Gasteiger partial charge in [0.2, 0.25) is 6.35 Å². The summed E-state index contributed by atoms with van der Waals surface area (Å²) in [7, 11) is 1.56. The zero-order valence-electron chi connectivity index (χ0n) is 18.4. The fourth-order valence-corrected chi connectivity index (χ4v) is 4.05. The van der Waals surface area contributed by atoms with E-state index >= 15 is 0 Å². The van der Waals surface area contributed by atoms with Gasteiger partial charge in [0.15, 0.2) is 0 Å². The van der Waals surface area contributed by atoms with Crippen LogP contribution in [0, 0.1) is 0 Å². The van der Waals surface area contributed by atoms with Gasteiger partial charge in [-0.05, 0) is 35.9 Å². The van der Waals surface area contributed by atoms with Crippen molar-refractivity contribution in [3.8, 4) is 5.75 Å². The molecule has 1 atom stereocenters. The Labute approximate surface area is 205 Å². The third kappa shape index (κ3) is 5.07. The molecule has 0 spiro atoms. The Balaban J connectivity index is 1.58. The third-order valence-electron chi connectivity index (χ3n) is 5.37. The minimum atomic E-state index is -0.725. The van der Waals surface area contributed by atoms with Crippen LogP contribution in [0.1, 0.15) is 5.56 Å². The molecule has 34 heavy (non-hydrogen) atoms. The number of halogens is 2. The van der Waals surface area contributed by atoms with E-state index in [-0.39, 0.29) is 32.1 Å². The number of aliphatic hydroxyl groups is 1. The van der Waals surface area contributed by atoms with Crippen LogP contribution in [0.15, 0.2) is 58.1 Å². The molecular formula is C23H24Cl2N4O5. The van der Waals surface area contributed by atoms with Gasteiger partial charge in [-0.2, -0.15) is 0 Å². The second-order valence-electron chi connectivity index (χ2n) is 7.65. The molecular weight excluding hydrogens is 483 g/mol. The summed E-state index contributed by atoms with van der Waals surface area (Å²) in [5, 5.41) is 13.6. The van der Waals surface area contributed by atoms with Crippen molar-refractivity contribution in [2.24, 2.45) is 7.05 Å². The van der Waals surface area contributed by atoms with Gasteiger partial charge in [-0.3, -0.25) is 13.9 Å². The molecule has 4 rings (SSSR count). The van der Waals surface area contributed by atoms with E-state index in [0.717, 1.165) is 10.1 Å². The van der Waals surface area contributed by atoms with Crippen molar-refractivity contribution >= 4 is 34.7 Å². The first-order valence-electron chi connectivity index (χ1n) is 10.6. The number of ether oxygens (including phenoxy) is 2. The van der Waals surface area contributed by atoms with Crippen LogP contribution in [0.4, 0.5) is 11.5 Å². The summed E-state index contributed by atoms with van der Waals surface area (Å²) < 4.78 is 14.1. The minimum absolute atomic E-state index is 0.105. The lowest BCUT2D eigenvalue weighted by Crippen LogP contribution is -2.43. The van der Waals surface area contributed by atoms with Crippen LogP contribution < -0.4 is 26.2 Å². The quantitative estimate of drug-likeness (QED) is 0.430. The third-order valence-corrected chi connectivity index (χ3v) is 5.86. The summed E-state index contributed by atoms with van der Waals surface area (Å²) in [6, 6.07) is 14.3. The zero-order valence-corrected chi connectivity index (χ0v) is 19.9. The van der Waals surface area contributed by atoms with Gasteiger partial charge >= 0.3 is 5.69 Å². The van der Waals surface area contributed by atoms with Gasteiger partial charge in [0, 0.05) is 23.6 Å². The highest BCUT2D eigenvalue weighted by Crippen LogP contribution is 2.32. The van der Waals surface area contributed by atoms with Crippen LogP contribution in [0.5, 0.6) is 5.75 Å². The van der Waals surface area contributed by atoms with Crippen LogP contribution in [-0.2, 0) is 24.9 Å². The van der Waals surface area contributed by atoms with E-state index in [1.165, 1.54) is 4.57 Å². The van der Waals surface area contributed by atoms with Gasteiger partial charge in [-0.1, -0.05) is 41.4 Å². The van der Waals surface area contributed by atoms with Gasteiger partial charge in [0.25, 0.3) is 5.56 Å². The molecule has 1 unspecified atom stereocenters. The van der Waals surface area contributed by atoms with E-state index in [1.807, 2.05) is 12.1 Å². The predicted molar refractivity (Wildman–Crippen MR) is 131 cm³/mol. The molecule has 11 heteroatoms. The average molecular weight is 507 g/mol. The molecule has 1 aliphatic rings. The second-order valence-corrected chi connectivity index (χ2v) is 8.52. The van der Waals surface area contributed by atoms with Crippen molar-refractivity contribution in [3.05, 3.63) is 85.0 Å². The van der Waals surface area contributed by atoms with Crippen molar-refractivity contribution in [1.82, 2.24) is 9.13 Å². The molecule has 9 nitrogen and oxygen atoms in total. The lowest BCUT2D eigenvalue weighted by atomic mass is 10.2. The number of fused-ring (bicyclic) bond motifs is 1. The molecule has 1 aromatic heterocycles. The number of hydrogen-bond acceptors (Lipinski definition) is 7. The number of rotatable bonds is 9. The number of aliphatic hydroxyl groups excluding tert-OH is 1. The van der Waals surface area contributed by atoms with Crippen molar-refractivity contribution < 1.29 is 14.6 Å². The van der Waals surface area contributed by atoms with Crippen LogP contribution in [0.3, 0.4) is 0 Å². The van der Waals surface area contributed by atoms with Gasteiger partial charge in [-0.15, -0.1) is 0 Å². The topological polar surface area (TPSA) is 98.0 Å². The number of nitrogens with one attached hydrogen (secondary N) is 1. The van der Waals surface area contributed by atoms with Gasteiger partial charge < -0.3 is 24.8 Å². The first-order valence-corrected chi connectivity index (χ1v) is 11.4. The number of aromatic nitrogens is 2. The molecule has 0 saturated carbocycles. The summed E-state index contributed by atoms with van der Waals surface area (Å²) in [5.41, 5.74) is 0.146. The van der Waals surface area contributed by atoms with Crippen LogP contribution in [0.25, 0.3) is 0 Å². The second kappa shape index (κ2) is 10.5. The van der Waals surface area contributed by atoms with Crippen molar-refractivity contribution in [2.75, 3.05) is 30.0 Å². The van der Waals surface area contributed by atoms with Crippen molar-refractivity contribution in [3.63, 3.8) is 0 Å². The van der Waals surface area contributed by atoms with Gasteiger partial charge in [-0.25, -0.2) is 4.79 Å². The molecule has 0 amide bonds. The Morgan fingerprint density at radius 3 is 2.53 bits per heavy atom. The maximum Gasteiger partial charge on any atom is 0.332 e. The maximum atomic E-state index is 13.2. The highest BCUT2D eigenvalue weighted by Gasteiger charge is 2.35. The summed E-state index contributed by atoms with van der Waals surface area (Å²) in [5.74, 6) is 0.963. The van der Waals surface area contributed by atoms with E-state index in [2.05, 4.69) is 5.32 Å². The summed E-state index contributed by atoms with van der Waals surface area (Å²) >= 11 is 12.0. The number of hydrogen-bond donors (Lipinski definition) is 2. The standard InChI is InChI=1S/C23H24Cl2N4O5/c1-27-20-19(21(31)28(9-10-30)23(27)32)29(14-15-5-7-16(24)8-6-15)22(26-20)34-12-11-33-18-4-2-3-17(25)13-18/h2-8,13,22,26,30H,9-12,14H2,1H3. The first-order chi connectivity index (χ1) is 16.4. The average Bonchev–Trinajstić information content (AvgIpc) is 3.18. The Morgan fingerprint density at radius 2 is 1.82 bits per heavy atom. The number of anilines is 2. The minimum Gasteiger partial charge on any atom is -0.491 e. The summed E-state index contributed by atoms with van der Waals surface area (Å²) in [6.07, 6.45) is -0.725. The predicted octanol–water partition coefficient (Wildman–Crippen LogP) is 2.66. The fraction of sp³-hybridized carbons (Fsp3) is 0.304. The van der Waals surface area contributed by atoms with E-state index in [0.29, 0.717) is 28.2 Å². The summed E-state index contributed by atoms with van der Waals surface area (Å²) in [4.78, 5) is 27.6. The van der Waals surface area contributed by atoms with E-state index in [9.17, 15) is 14.7 Å². The summed E-state index contributed by atoms with van der Waals surface area (Å²) in [6.45, 7) is 0.334. The highest BCUT2D eigenvalue weighted by molar-refractivity contribution is 6.30. The smallest absolute Gasteiger partial charge is 0.332 e. The first kappa shape index (κ1) is 24.2. The molecule has 0 fully saturated rings. The Kier molecular flexibility index (Phi) is 7.47. The molecule has 2 heterocycles. The molecule has 1 aliphatic heterocycles. The van der Waals surface area contributed by atoms with E-state index in [1.54, 1.807) is 48.3 Å². The van der Waals surface area contributed by atoms with Gasteiger partial charge in [0.05, 0.1) is 19.8 Å². The fourth-order valence-electron chi connectivity index (χ4n) is 3.74.